The molecule has 0 radical (unpaired) electrons. The average Bonchev–Trinajstić information content (AvgIpc) is 3.17. The summed E-state index contributed by atoms with van der Waals surface area (Å²) in [4.78, 5) is 13.7. The lowest BCUT2D eigenvalue weighted by Crippen LogP contribution is -2.45. The minimum Gasteiger partial charge on any atom is -0.497 e. The molecule has 1 aliphatic rings. The molecule has 1 amide bonds. The lowest BCUT2D eigenvalue weighted by atomic mass is 9.90. The molecular weight excluding hydrogens is 342 g/mol. The lowest BCUT2D eigenvalue weighted by molar-refractivity contribution is -0.225. The SMILES string of the molecule is COc1ccc(NC(=O)C2(C)COC(c3cccs3)OC2)c(OC)c1. The van der Waals surface area contributed by atoms with Crippen molar-refractivity contribution in [2.45, 2.75) is 13.2 Å². The minimum absolute atomic E-state index is 0.180. The van der Waals surface area contributed by atoms with Gasteiger partial charge in [-0.05, 0) is 30.5 Å². The summed E-state index contributed by atoms with van der Waals surface area (Å²) in [7, 11) is 3.12. The third kappa shape index (κ3) is 3.78. The van der Waals surface area contributed by atoms with Crippen molar-refractivity contribution in [2.75, 3.05) is 32.8 Å². The molecule has 0 aliphatic carbocycles. The van der Waals surface area contributed by atoms with Crippen LogP contribution in [-0.2, 0) is 14.3 Å². The van der Waals surface area contributed by atoms with Gasteiger partial charge in [-0.25, -0.2) is 0 Å². The van der Waals surface area contributed by atoms with Gasteiger partial charge in [0.15, 0.2) is 6.29 Å². The molecule has 3 rings (SSSR count). The number of rotatable bonds is 5. The average molecular weight is 363 g/mol. The predicted molar refractivity (Wildman–Crippen MR) is 95.2 cm³/mol. The number of carbonyl (C=O) groups excluding carboxylic acids is 1. The molecule has 1 saturated heterocycles. The van der Waals surface area contributed by atoms with Crippen LogP contribution in [0, 0.1) is 5.41 Å². The molecule has 2 heterocycles. The fourth-order valence-electron chi connectivity index (χ4n) is 2.50. The van der Waals surface area contributed by atoms with Gasteiger partial charge >= 0.3 is 0 Å². The first-order valence-electron chi connectivity index (χ1n) is 7.86. The van der Waals surface area contributed by atoms with E-state index in [0.717, 1.165) is 4.88 Å². The van der Waals surface area contributed by atoms with E-state index in [1.165, 1.54) is 0 Å². The molecule has 25 heavy (non-hydrogen) atoms. The molecule has 0 atom stereocenters. The number of hydrogen-bond donors (Lipinski definition) is 1. The van der Waals surface area contributed by atoms with Crippen molar-refractivity contribution in [3.63, 3.8) is 0 Å². The van der Waals surface area contributed by atoms with Crippen LogP contribution in [0.4, 0.5) is 5.69 Å². The Morgan fingerprint density at radius 3 is 2.60 bits per heavy atom. The fraction of sp³-hybridized carbons (Fsp3) is 0.389. The van der Waals surface area contributed by atoms with Gasteiger partial charge in [0.05, 0.1) is 43.4 Å². The van der Waals surface area contributed by atoms with Crippen LogP contribution in [0.25, 0.3) is 0 Å². The van der Waals surface area contributed by atoms with Gasteiger partial charge in [-0.3, -0.25) is 4.79 Å². The first-order valence-corrected chi connectivity index (χ1v) is 8.74. The van der Waals surface area contributed by atoms with Crippen molar-refractivity contribution in [1.29, 1.82) is 0 Å². The molecule has 6 nitrogen and oxygen atoms in total. The van der Waals surface area contributed by atoms with Gasteiger partial charge in [0, 0.05) is 6.07 Å². The summed E-state index contributed by atoms with van der Waals surface area (Å²) < 4.78 is 22.0. The molecule has 1 aromatic carbocycles. The number of amides is 1. The van der Waals surface area contributed by atoms with Gasteiger partial charge in [0.25, 0.3) is 0 Å². The number of anilines is 1. The van der Waals surface area contributed by atoms with Crippen LogP contribution in [0.5, 0.6) is 11.5 Å². The Hall–Kier alpha value is -2.09. The Morgan fingerprint density at radius 2 is 2.00 bits per heavy atom. The lowest BCUT2D eigenvalue weighted by Gasteiger charge is -2.35. The maximum atomic E-state index is 12.7. The maximum absolute atomic E-state index is 12.7. The number of carbonyl (C=O) groups is 1. The van der Waals surface area contributed by atoms with Crippen LogP contribution >= 0.6 is 11.3 Å². The van der Waals surface area contributed by atoms with Crippen LogP contribution in [0.1, 0.15) is 18.1 Å². The fourth-order valence-corrected chi connectivity index (χ4v) is 3.22. The highest BCUT2D eigenvalue weighted by Gasteiger charge is 2.40. The number of methoxy groups -OCH3 is 2. The quantitative estimate of drug-likeness (QED) is 0.881. The summed E-state index contributed by atoms with van der Waals surface area (Å²) in [6.45, 7) is 2.38. The summed E-state index contributed by atoms with van der Waals surface area (Å²) in [5.41, 5.74) is -0.200. The Morgan fingerprint density at radius 1 is 1.24 bits per heavy atom. The van der Waals surface area contributed by atoms with E-state index >= 15 is 0 Å². The van der Waals surface area contributed by atoms with E-state index in [2.05, 4.69) is 5.32 Å². The normalized spacial score (nSPS) is 23.1. The molecule has 1 fully saturated rings. The molecule has 1 N–H and O–H groups in total. The molecule has 0 unspecified atom stereocenters. The second-order valence-corrected chi connectivity index (χ2v) is 7.03. The molecule has 0 spiro atoms. The topological polar surface area (TPSA) is 66.0 Å². The molecule has 2 aromatic rings. The van der Waals surface area contributed by atoms with E-state index in [9.17, 15) is 4.79 Å². The minimum atomic E-state index is -0.779. The number of hydrogen-bond acceptors (Lipinski definition) is 6. The van der Waals surface area contributed by atoms with Crippen molar-refractivity contribution in [2.24, 2.45) is 5.41 Å². The highest BCUT2D eigenvalue weighted by molar-refractivity contribution is 7.10. The van der Waals surface area contributed by atoms with Crippen molar-refractivity contribution in [3.05, 3.63) is 40.6 Å². The monoisotopic (exact) mass is 363 g/mol. The predicted octanol–water partition coefficient (Wildman–Crippen LogP) is 3.46. The molecule has 0 bridgehead atoms. The molecular formula is C18H21NO5S. The van der Waals surface area contributed by atoms with Gasteiger partial charge in [0.2, 0.25) is 5.91 Å². The Kier molecular flexibility index (Phi) is 5.27. The van der Waals surface area contributed by atoms with E-state index in [1.54, 1.807) is 43.8 Å². The number of ether oxygens (including phenoxy) is 4. The standard InChI is InChI=1S/C18H21NO5S/c1-18(10-23-16(24-11-18)15-5-4-8-25-15)17(20)19-13-7-6-12(21-2)9-14(13)22-3/h4-9,16H,10-11H2,1-3H3,(H,19,20). The third-order valence-electron chi connectivity index (χ3n) is 4.09. The third-order valence-corrected chi connectivity index (χ3v) is 4.98. The van der Waals surface area contributed by atoms with E-state index in [-0.39, 0.29) is 19.1 Å². The largest absolute Gasteiger partial charge is 0.497 e. The Bertz CT molecular complexity index is 723. The van der Waals surface area contributed by atoms with Crippen molar-refractivity contribution in [1.82, 2.24) is 0 Å². The highest BCUT2D eigenvalue weighted by atomic mass is 32.1. The van der Waals surface area contributed by atoms with Crippen LogP contribution < -0.4 is 14.8 Å². The van der Waals surface area contributed by atoms with E-state index in [4.69, 9.17) is 18.9 Å². The molecule has 1 aliphatic heterocycles. The van der Waals surface area contributed by atoms with E-state index < -0.39 is 11.7 Å². The zero-order chi connectivity index (χ0) is 17.9. The summed E-state index contributed by atoms with van der Waals surface area (Å²) >= 11 is 1.57. The van der Waals surface area contributed by atoms with Crippen molar-refractivity contribution < 1.29 is 23.7 Å². The molecule has 7 heteroatoms. The highest BCUT2D eigenvalue weighted by Crippen LogP contribution is 2.35. The summed E-state index contributed by atoms with van der Waals surface area (Å²) in [6.07, 6.45) is -0.406. The second kappa shape index (κ2) is 7.43. The van der Waals surface area contributed by atoms with Gasteiger partial charge in [-0.1, -0.05) is 6.07 Å². The van der Waals surface area contributed by atoms with Crippen LogP contribution in [-0.4, -0.2) is 33.3 Å². The number of nitrogens with one attached hydrogen (secondary N) is 1. The van der Waals surface area contributed by atoms with Gasteiger partial charge in [-0.2, -0.15) is 0 Å². The van der Waals surface area contributed by atoms with Crippen LogP contribution in [0.3, 0.4) is 0 Å². The van der Waals surface area contributed by atoms with Crippen molar-refractivity contribution in [3.8, 4) is 11.5 Å². The zero-order valence-corrected chi connectivity index (χ0v) is 15.2. The Balaban J connectivity index is 1.67. The van der Waals surface area contributed by atoms with Gasteiger partial charge < -0.3 is 24.3 Å². The molecule has 0 saturated carbocycles. The first-order chi connectivity index (χ1) is 12.1. The van der Waals surface area contributed by atoms with Crippen LogP contribution in [0.15, 0.2) is 35.7 Å². The van der Waals surface area contributed by atoms with Gasteiger partial charge in [-0.15, -0.1) is 11.3 Å². The summed E-state index contributed by atoms with van der Waals surface area (Å²) in [5.74, 6) is 1.01. The number of thiophene rings is 1. The van der Waals surface area contributed by atoms with E-state index in [0.29, 0.717) is 17.2 Å². The maximum Gasteiger partial charge on any atom is 0.235 e. The smallest absolute Gasteiger partial charge is 0.235 e. The summed E-state index contributed by atoms with van der Waals surface area (Å²) in [6, 6.07) is 9.14. The molecule has 134 valence electrons. The van der Waals surface area contributed by atoms with Crippen LogP contribution in [0.2, 0.25) is 0 Å². The second-order valence-electron chi connectivity index (χ2n) is 6.05. The number of benzene rings is 1. The van der Waals surface area contributed by atoms with E-state index in [1.807, 2.05) is 24.4 Å². The zero-order valence-electron chi connectivity index (χ0n) is 14.4. The van der Waals surface area contributed by atoms with Gasteiger partial charge in [0.1, 0.15) is 11.5 Å². The Labute approximate surface area is 150 Å². The van der Waals surface area contributed by atoms with Crippen molar-refractivity contribution >= 4 is 22.9 Å². The first kappa shape index (κ1) is 17.7. The summed E-state index contributed by atoms with van der Waals surface area (Å²) in [5, 5.41) is 4.87. The molecule has 1 aromatic heterocycles.